The Kier molecular flexibility index (Phi) is 5.59. The number of halogens is 1. The minimum Gasteiger partial charge on any atom is -0.497 e. The molecule has 0 aliphatic carbocycles. The number of benzene rings is 2. The molecule has 7 nitrogen and oxygen atoms in total. The molecule has 0 saturated carbocycles. The van der Waals surface area contributed by atoms with E-state index in [1.54, 1.807) is 18.2 Å². The highest BCUT2D eigenvalue weighted by Gasteiger charge is 2.20. The van der Waals surface area contributed by atoms with Crippen molar-refractivity contribution in [2.24, 2.45) is 0 Å². The van der Waals surface area contributed by atoms with Gasteiger partial charge in [0.05, 0.1) is 19.1 Å². The standard InChI is InChI=1S/C16H15ClN2O5/c1-23-12-5-3-10(15(8-12)24-2)9-18-16(20)13-6-4-11(17)7-14(13)19(21)22/h3-8H,9H2,1-2H3,(H,18,20). The summed E-state index contributed by atoms with van der Waals surface area (Å²) in [5, 5.41) is 13.9. The minimum absolute atomic E-state index is 0.0584. The average Bonchev–Trinajstić information content (AvgIpc) is 2.59. The Morgan fingerprint density at radius 3 is 2.58 bits per heavy atom. The molecule has 2 rings (SSSR count). The summed E-state index contributed by atoms with van der Waals surface area (Å²) in [6.45, 7) is 0.145. The van der Waals surface area contributed by atoms with Crippen molar-refractivity contribution in [3.8, 4) is 11.5 Å². The summed E-state index contributed by atoms with van der Waals surface area (Å²) in [5.74, 6) is 0.590. The lowest BCUT2D eigenvalue weighted by molar-refractivity contribution is -0.385. The summed E-state index contributed by atoms with van der Waals surface area (Å²) in [6, 6.07) is 9.05. The quantitative estimate of drug-likeness (QED) is 0.638. The Bertz CT molecular complexity index is 779. The molecule has 126 valence electrons. The zero-order valence-corrected chi connectivity index (χ0v) is 13.8. The van der Waals surface area contributed by atoms with E-state index in [4.69, 9.17) is 21.1 Å². The monoisotopic (exact) mass is 350 g/mol. The van der Waals surface area contributed by atoms with E-state index < -0.39 is 10.8 Å². The Morgan fingerprint density at radius 2 is 1.96 bits per heavy atom. The van der Waals surface area contributed by atoms with Gasteiger partial charge in [-0.25, -0.2) is 0 Å². The summed E-state index contributed by atoms with van der Waals surface area (Å²) >= 11 is 5.74. The molecule has 8 heteroatoms. The lowest BCUT2D eigenvalue weighted by Crippen LogP contribution is -2.24. The van der Waals surface area contributed by atoms with Crippen molar-refractivity contribution >= 4 is 23.2 Å². The molecule has 0 radical (unpaired) electrons. The summed E-state index contributed by atoms with van der Waals surface area (Å²) < 4.78 is 10.4. The SMILES string of the molecule is COc1ccc(CNC(=O)c2ccc(Cl)cc2[N+](=O)[O-])c(OC)c1. The molecule has 0 fully saturated rings. The highest BCUT2D eigenvalue weighted by Crippen LogP contribution is 2.26. The average molecular weight is 351 g/mol. The molecular formula is C16H15ClN2O5. The number of hydrogen-bond acceptors (Lipinski definition) is 5. The topological polar surface area (TPSA) is 90.7 Å². The predicted octanol–water partition coefficient (Wildman–Crippen LogP) is 3.20. The van der Waals surface area contributed by atoms with Gasteiger partial charge in [-0.2, -0.15) is 0 Å². The molecule has 0 heterocycles. The molecule has 0 unspecified atom stereocenters. The number of nitrogens with one attached hydrogen (secondary N) is 1. The van der Waals surface area contributed by atoms with Gasteiger partial charge in [-0.05, 0) is 24.3 Å². The molecule has 0 aromatic heterocycles. The van der Waals surface area contributed by atoms with Gasteiger partial charge in [0.1, 0.15) is 17.1 Å². The number of ether oxygens (including phenoxy) is 2. The number of carbonyl (C=O) groups is 1. The van der Waals surface area contributed by atoms with Crippen LogP contribution in [0, 0.1) is 10.1 Å². The van der Waals surface area contributed by atoms with Crippen LogP contribution < -0.4 is 14.8 Å². The van der Waals surface area contributed by atoms with Crippen molar-refractivity contribution in [1.29, 1.82) is 0 Å². The number of hydrogen-bond donors (Lipinski definition) is 1. The number of nitro groups is 1. The summed E-state index contributed by atoms with van der Waals surface area (Å²) in [7, 11) is 3.04. The van der Waals surface area contributed by atoms with E-state index >= 15 is 0 Å². The fourth-order valence-electron chi connectivity index (χ4n) is 2.12. The lowest BCUT2D eigenvalue weighted by atomic mass is 10.1. The summed E-state index contributed by atoms with van der Waals surface area (Å²) in [6.07, 6.45) is 0. The van der Waals surface area contributed by atoms with E-state index in [1.807, 2.05) is 0 Å². The van der Waals surface area contributed by atoms with E-state index in [0.29, 0.717) is 17.1 Å². The van der Waals surface area contributed by atoms with Crippen LogP contribution >= 0.6 is 11.6 Å². The molecule has 0 spiro atoms. The molecule has 0 aliphatic heterocycles. The Labute approximate surface area is 143 Å². The van der Waals surface area contributed by atoms with Crippen molar-refractivity contribution < 1.29 is 19.2 Å². The maximum Gasteiger partial charge on any atom is 0.283 e. The van der Waals surface area contributed by atoms with Crippen LogP contribution in [0.1, 0.15) is 15.9 Å². The van der Waals surface area contributed by atoms with Gasteiger partial charge in [-0.3, -0.25) is 14.9 Å². The van der Waals surface area contributed by atoms with Crippen molar-refractivity contribution in [3.05, 3.63) is 62.7 Å². The van der Waals surface area contributed by atoms with Crippen LogP contribution in [0.2, 0.25) is 5.02 Å². The van der Waals surface area contributed by atoms with Crippen molar-refractivity contribution in [3.63, 3.8) is 0 Å². The third-order valence-corrected chi connectivity index (χ3v) is 3.57. The number of rotatable bonds is 6. The second-order valence-corrected chi connectivity index (χ2v) is 5.22. The number of nitro benzene ring substituents is 1. The molecule has 2 aromatic rings. The van der Waals surface area contributed by atoms with E-state index in [-0.39, 0.29) is 22.8 Å². The van der Waals surface area contributed by atoms with Crippen LogP contribution in [0.4, 0.5) is 5.69 Å². The first-order valence-electron chi connectivity index (χ1n) is 6.89. The number of methoxy groups -OCH3 is 2. The molecule has 24 heavy (non-hydrogen) atoms. The number of carbonyl (C=O) groups excluding carboxylic acids is 1. The van der Waals surface area contributed by atoms with E-state index in [0.717, 1.165) is 6.07 Å². The van der Waals surface area contributed by atoms with Crippen molar-refractivity contribution in [2.45, 2.75) is 6.54 Å². The summed E-state index contributed by atoms with van der Waals surface area (Å²) in [4.78, 5) is 22.7. The van der Waals surface area contributed by atoms with Crippen molar-refractivity contribution in [1.82, 2.24) is 5.32 Å². The van der Waals surface area contributed by atoms with E-state index in [1.165, 1.54) is 26.4 Å². The third-order valence-electron chi connectivity index (χ3n) is 3.33. The summed E-state index contributed by atoms with van der Waals surface area (Å²) in [5.41, 5.74) is 0.307. The number of amides is 1. The zero-order valence-electron chi connectivity index (χ0n) is 13.0. The lowest BCUT2D eigenvalue weighted by Gasteiger charge is -2.11. The maximum atomic E-state index is 12.3. The van der Waals surface area contributed by atoms with E-state index in [9.17, 15) is 14.9 Å². The molecule has 2 aromatic carbocycles. The molecule has 0 atom stereocenters. The van der Waals surface area contributed by atoms with Crippen LogP contribution in [0.25, 0.3) is 0 Å². The van der Waals surface area contributed by atoms with Crippen molar-refractivity contribution in [2.75, 3.05) is 14.2 Å². The van der Waals surface area contributed by atoms with Gasteiger partial charge in [0.2, 0.25) is 0 Å². The van der Waals surface area contributed by atoms with Crippen LogP contribution in [0.3, 0.4) is 0 Å². The normalized spacial score (nSPS) is 10.1. The van der Waals surface area contributed by atoms with Gasteiger partial charge in [0, 0.05) is 29.3 Å². The van der Waals surface area contributed by atoms with Gasteiger partial charge in [0.15, 0.2) is 0 Å². The molecule has 1 N–H and O–H groups in total. The van der Waals surface area contributed by atoms with Crippen LogP contribution in [-0.2, 0) is 6.54 Å². The maximum absolute atomic E-state index is 12.3. The highest BCUT2D eigenvalue weighted by atomic mass is 35.5. The Morgan fingerprint density at radius 1 is 1.21 bits per heavy atom. The van der Waals surface area contributed by atoms with Gasteiger partial charge in [-0.15, -0.1) is 0 Å². The molecule has 0 bridgehead atoms. The Hall–Kier alpha value is -2.80. The second kappa shape index (κ2) is 7.65. The first-order valence-corrected chi connectivity index (χ1v) is 7.27. The first kappa shape index (κ1) is 17.6. The fourth-order valence-corrected chi connectivity index (χ4v) is 2.28. The van der Waals surface area contributed by atoms with Gasteiger partial charge in [0.25, 0.3) is 11.6 Å². The smallest absolute Gasteiger partial charge is 0.283 e. The van der Waals surface area contributed by atoms with Crippen LogP contribution in [0.5, 0.6) is 11.5 Å². The predicted molar refractivity (Wildman–Crippen MR) is 88.8 cm³/mol. The second-order valence-electron chi connectivity index (χ2n) is 4.78. The first-order chi connectivity index (χ1) is 11.5. The molecule has 0 saturated heterocycles. The molecule has 1 amide bonds. The molecule has 0 aliphatic rings. The van der Waals surface area contributed by atoms with Gasteiger partial charge < -0.3 is 14.8 Å². The number of nitrogens with zero attached hydrogens (tertiary/aromatic N) is 1. The van der Waals surface area contributed by atoms with Crippen LogP contribution in [-0.4, -0.2) is 25.1 Å². The molecular weight excluding hydrogens is 336 g/mol. The van der Waals surface area contributed by atoms with E-state index in [2.05, 4.69) is 5.32 Å². The Balaban J connectivity index is 2.18. The zero-order chi connectivity index (χ0) is 17.7. The van der Waals surface area contributed by atoms with Crippen LogP contribution in [0.15, 0.2) is 36.4 Å². The fraction of sp³-hybridized carbons (Fsp3) is 0.188. The van der Waals surface area contributed by atoms with Gasteiger partial charge in [-0.1, -0.05) is 11.6 Å². The highest BCUT2D eigenvalue weighted by molar-refractivity contribution is 6.31. The third kappa shape index (κ3) is 3.94. The van der Waals surface area contributed by atoms with Gasteiger partial charge >= 0.3 is 0 Å². The minimum atomic E-state index is -0.644. The largest absolute Gasteiger partial charge is 0.497 e.